The molecule has 1 atom stereocenters. The molecule has 1 aromatic rings. The molecule has 3 aliphatic heterocycles. The quantitative estimate of drug-likeness (QED) is 0.782. The van der Waals surface area contributed by atoms with Crippen molar-refractivity contribution < 1.29 is 19.1 Å². The summed E-state index contributed by atoms with van der Waals surface area (Å²) >= 11 is 0. The van der Waals surface area contributed by atoms with Crippen molar-refractivity contribution in [2.75, 3.05) is 37.7 Å². The van der Waals surface area contributed by atoms with Crippen LogP contribution in [0.2, 0.25) is 0 Å². The van der Waals surface area contributed by atoms with Crippen molar-refractivity contribution >= 4 is 23.5 Å². The Morgan fingerprint density at radius 1 is 1.23 bits per heavy atom. The summed E-state index contributed by atoms with van der Waals surface area (Å²) in [5, 5.41) is 0. The molecule has 4 rings (SSSR count). The number of anilines is 1. The van der Waals surface area contributed by atoms with Crippen molar-refractivity contribution in [2.24, 2.45) is 0 Å². The average Bonchev–Trinajstić information content (AvgIpc) is 3.10. The molecule has 0 bridgehead atoms. The third-order valence-corrected chi connectivity index (χ3v) is 5.25. The normalized spacial score (nSPS) is 23.1. The minimum absolute atomic E-state index is 0.0487. The zero-order valence-corrected chi connectivity index (χ0v) is 14.6. The van der Waals surface area contributed by atoms with E-state index < -0.39 is 0 Å². The van der Waals surface area contributed by atoms with E-state index in [9.17, 15) is 14.4 Å². The maximum absolute atomic E-state index is 12.8. The Labute approximate surface area is 151 Å². The number of ether oxygens (including phenoxy) is 1. The second-order valence-corrected chi connectivity index (χ2v) is 6.92. The minimum Gasteiger partial charge on any atom is -0.480 e. The smallest absolute Gasteiger partial charge is 0.266 e. The number of hydrogen-bond acceptors (Lipinski definition) is 5. The van der Waals surface area contributed by atoms with Crippen LogP contribution < -0.4 is 9.64 Å². The molecule has 8 nitrogen and oxygen atoms in total. The van der Waals surface area contributed by atoms with Gasteiger partial charge in [0, 0.05) is 38.3 Å². The number of carbonyl (C=O) groups is 3. The molecule has 1 aromatic heterocycles. The van der Waals surface area contributed by atoms with Gasteiger partial charge in [0.25, 0.3) is 5.91 Å². The van der Waals surface area contributed by atoms with E-state index in [1.54, 1.807) is 23.2 Å². The monoisotopic (exact) mass is 358 g/mol. The number of piperidine rings is 1. The summed E-state index contributed by atoms with van der Waals surface area (Å²) in [6.45, 7) is 1.84. The molecular weight excluding hydrogens is 336 g/mol. The molecule has 0 N–H and O–H groups in total. The molecule has 138 valence electrons. The van der Waals surface area contributed by atoms with Gasteiger partial charge in [-0.05, 0) is 31.4 Å². The number of rotatable bonds is 3. The van der Waals surface area contributed by atoms with Gasteiger partial charge in [0.05, 0.1) is 0 Å². The molecule has 0 spiro atoms. The molecule has 0 saturated carbocycles. The fraction of sp³-hybridized carbons (Fsp3) is 0.556. The Morgan fingerprint density at radius 3 is 2.92 bits per heavy atom. The summed E-state index contributed by atoms with van der Waals surface area (Å²) in [5.41, 5.74) is 0. The molecule has 0 aromatic carbocycles. The lowest BCUT2D eigenvalue weighted by atomic mass is 10.0. The van der Waals surface area contributed by atoms with Gasteiger partial charge in [-0.1, -0.05) is 0 Å². The highest BCUT2D eigenvalue weighted by atomic mass is 16.5. The maximum atomic E-state index is 12.8. The molecule has 3 amide bonds. The molecule has 1 unspecified atom stereocenters. The Hall–Kier alpha value is -2.64. The predicted octanol–water partition coefficient (Wildman–Crippen LogP) is 0.420. The number of likely N-dealkylation sites (tertiary alicyclic amines) is 2. The van der Waals surface area contributed by atoms with Gasteiger partial charge in [0.15, 0.2) is 18.2 Å². The van der Waals surface area contributed by atoms with Crippen molar-refractivity contribution in [1.82, 2.24) is 14.8 Å². The van der Waals surface area contributed by atoms with Crippen LogP contribution in [-0.4, -0.2) is 71.3 Å². The lowest BCUT2D eigenvalue weighted by Gasteiger charge is -2.38. The van der Waals surface area contributed by atoms with Crippen LogP contribution >= 0.6 is 0 Å². The first-order valence-corrected chi connectivity index (χ1v) is 9.09. The summed E-state index contributed by atoms with van der Waals surface area (Å²) in [5.74, 6) is 0.700. The largest absolute Gasteiger partial charge is 0.480 e. The molecule has 0 radical (unpaired) electrons. The number of aromatic nitrogens is 1. The Kier molecular flexibility index (Phi) is 4.48. The fourth-order valence-corrected chi connectivity index (χ4v) is 3.92. The van der Waals surface area contributed by atoms with Gasteiger partial charge in [0.2, 0.25) is 11.8 Å². The average molecular weight is 358 g/mol. The van der Waals surface area contributed by atoms with E-state index in [-0.39, 0.29) is 36.9 Å². The highest BCUT2D eigenvalue weighted by molar-refractivity contribution is 6.01. The zero-order chi connectivity index (χ0) is 18.1. The van der Waals surface area contributed by atoms with Crippen molar-refractivity contribution in [3.63, 3.8) is 0 Å². The van der Waals surface area contributed by atoms with E-state index in [0.717, 1.165) is 25.8 Å². The molecule has 26 heavy (non-hydrogen) atoms. The van der Waals surface area contributed by atoms with E-state index in [1.165, 1.54) is 4.90 Å². The van der Waals surface area contributed by atoms with Crippen LogP contribution in [0, 0.1) is 0 Å². The summed E-state index contributed by atoms with van der Waals surface area (Å²) in [6.07, 6.45) is 4.87. The van der Waals surface area contributed by atoms with E-state index in [4.69, 9.17) is 4.74 Å². The first-order valence-electron chi connectivity index (χ1n) is 9.09. The highest BCUT2D eigenvalue weighted by Gasteiger charge is 2.35. The maximum Gasteiger partial charge on any atom is 0.266 e. The Balaban J connectivity index is 1.44. The van der Waals surface area contributed by atoms with Crippen molar-refractivity contribution in [3.8, 4) is 5.75 Å². The van der Waals surface area contributed by atoms with Crippen LogP contribution in [0.5, 0.6) is 5.75 Å². The summed E-state index contributed by atoms with van der Waals surface area (Å²) in [7, 11) is 0. The van der Waals surface area contributed by atoms with Gasteiger partial charge >= 0.3 is 0 Å². The Morgan fingerprint density at radius 2 is 2.12 bits per heavy atom. The standard InChI is InChI=1S/C18H22N4O4/c23-15-6-3-9-21(15)13-4-2-8-20(10-13)16(24)11-22-17(25)12-26-14-5-1-7-19-18(14)22/h1,5,7,13H,2-4,6,8-12H2. The van der Waals surface area contributed by atoms with Gasteiger partial charge in [-0.15, -0.1) is 0 Å². The van der Waals surface area contributed by atoms with Crippen molar-refractivity contribution in [1.29, 1.82) is 0 Å². The predicted molar refractivity (Wildman–Crippen MR) is 92.6 cm³/mol. The minimum atomic E-state index is -0.271. The van der Waals surface area contributed by atoms with Crippen molar-refractivity contribution in [3.05, 3.63) is 18.3 Å². The summed E-state index contributed by atoms with van der Waals surface area (Å²) in [6, 6.07) is 3.56. The number of fused-ring (bicyclic) bond motifs is 1. The topological polar surface area (TPSA) is 83.1 Å². The number of nitrogens with zero attached hydrogens (tertiary/aromatic N) is 4. The van der Waals surface area contributed by atoms with Crippen LogP contribution in [0.25, 0.3) is 0 Å². The number of hydrogen-bond donors (Lipinski definition) is 0. The van der Waals surface area contributed by atoms with Crippen LogP contribution in [0.15, 0.2) is 18.3 Å². The van der Waals surface area contributed by atoms with Crippen molar-refractivity contribution in [2.45, 2.75) is 31.7 Å². The van der Waals surface area contributed by atoms with Crippen LogP contribution in [0.4, 0.5) is 5.82 Å². The van der Waals surface area contributed by atoms with Crippen LogP contribution in [0.3, 0.4) is 0 Å². The number of pyridine rings is 1. The molecule has 4 heterocycles. The van der Waals surface area contributed by atoms with E-state index in [2.05, 4.69) is 4.98 Å². The van der Waals surface area contributed by atoms with Gasteiger partial charge in [0.1, 0.15) is 6.54 Å². The highest BCUT2D eigenvalue weighted by Crippen LogP contribution is 2.29. The lowest BCUT2D eigenvalue weighted by Crippen LogP contribution is -2.53. The molecular formula is C18H22N4O4. The van der Waals surface area contributed by atoms with Gasteiger partial charge < -0.3 is 14.5 Å². The SMILES string of the molecule is O=C(CN1C(=O)COc2cccnc21)N1CCCC(N2CCCC2=O)C1. The molecule has 2 fully saturated rings. The second-order valence-electron chi connectivity index (χ2n) is 6.92. The number of carbonyl (C=O) groups excluding carboxylic acids is 3. The van der Waals surface area contributed by atoms with Crippen LogP contribution in [0.1, 0.15) is 25.7 Å². The molecule has 2 saturated heterocycles. The molecule has 3 aliphatic rings. The summed E-state index contributed by atoms with van der Waals surface area (Å²) in [4.78, 5) is 46.3. The van der Waals surface area contributed by atoms with E-state index >= 15 is 0 Å². The molecule has 8 heteroatoms. The van der Waals surface area contributed by atoms with Gasteiger partial charge in [-0.3, -0.25) is 19.3 Å². The lowest BCUT2D eigenvalue weighted by molar-refractivity contribution is -0.137. The van der Waals surface area contributed by atoms with Gasteiger partial charge in [-0.2, -0.15) is 0 Å². The van der Waals surface area contributed by atoms with Gasteiger partial charge in [-0.25, -0.2) is 4.98 Å². The fourth-order valence-electron chi connectivity index (χ4n) is 3.92. The van der Waals surface area contributed by atoms with E-state index in [1.807, 2.05) is 4.90 Å². The third-order valence-electron chi connectivity index (χ3n) is 5.25. The second kappa shape index (κ2) is 6.93. The first-order chi connectivity index (χ1) is 12.6. The zero-order valence-electron chi connectivity index (χ0n) is 14.6. The molecule has 0 aliphatic carbocycles. The first kappa shape index (κ1) is 16.8. The summed E-state index contributed by atoms with van der Waals surface area (Å²) < 4.78 is 5.37. The number of amides is 3. The third kappa shape index (κ3) is 3.11. The van der Waals surface area contributed by atoms with Crippen LogP contribution in [-0.2, 0) is 14.4 Å². The van der Waals surface area contributed by atoms with E-state index in [0.29, 0.717) is 31.1 Å². The Bertz CT molecular complexity index is 738.